The fourth-order valence-corrected chi connectivity index (χ4v) is 21.3. The molecule has 0 saturated heterocycles. The van der Waals surface area contributed by atoms with E-state index >= 15 is 0 Å². The Bertz CT molecular complexity index is 9660. The summed E-state index contributed by atoms with van der Waals surface area (Å²) >= 11 is 0. The Morgan fingerprint density at radius 2 is 0.492 bits per heavy atom. The van der Waals surface area contributed by atoms with Crippen molar-refractivity contribution in [2.45, 2.75) is 0 Å². The summed E-state index contributed by atoms with van der Waals surface area (Å²) in [5, 5.41) is 28.2. The standard InChI is InChI=1S/2C45H26N4O.C29H16N2O/c1-4-14-27(15-5-1)34-26-36-40-38-32(30-20-10-11-21-31(30)33-23-13-25-37-39(33)41(40)42(34)50-37)22-12-24-35(38)49(36)45-47-43(28-16-6-2-7-17-28)46-44(48-45)29-18-8-3-9-19-29;1-4-13-27(14-5-1)30-25-34-32-20-11-10-19-31(32)33-21-12-22-37-40(33)42-38(50-37)24-23-35-41(42)39(34)36(26-30)49(35)45-47-43(28-15-6-2-7-16-28)46-44(48-45)29-17-8-3-9-18-29;1-2-8-18-17(7-1)19-9-5-11-21-26(19)28-22(31(21)25-13-3-4-16-30-25)14-15-24-29(28)27-20(18)10-6-12-23(27)32-24/h2*1-26H;1-16H. The normalized spacial score (nSPS) is 12.1. The third-order valence-electron chi connectivity index (χ3n) is 26.8. The van der Waals surface area contributed by atoms with Gasteiger partial charge in [-0.05, 0) is 166 Å². The molecular formula is C119H68N10O3. The molecule has 612 valence electrons. The molecule has 21 aromatic carbocycles. The smallest absolute Gasteiger partial charge is 0.238 e. The van der Waals surface area contributed by atoms with E-state index in [0.717, 1.165) is 171 Å². The molecule has 0 radical (unpaired) electrons. The molecule has 0 amide bonds. The average Bonchev–Trinajstić information content (AvgIpc) is 1.53. The highest BCUT2D eigenvalue weighted by Crippen LogP contribution is 2.54. The van der Waals surface area contributed by atoms with Crippen molar-refractivity contribution < 1.29 is 13.3 Å². The van der Waals surface area contributed by atoms with E-state index in [4.69, 9.17) is 48.1 Å². The molecule has 0 bridgehead atoms. The fraction of sp³-hybridized carbons (Fsp3) is 0. The van der Waals surface area contributed by atoms with E-state index in [0.29, 0.717) is 35.2 Å². The van der Waals surface area contributed by atoms with Crippen molar-refractivity contribution in [2.75, 3.05) is 0 Å². The molecule has 0 aliphatic heterocycles. The molecule has 0 atom stereocenters. The van der Waals surface area contributed by atoms with Crippen molar-refractivity contribution in [1.29, 1.82) is 0 Å². The maximum Gasteiger partial charge on any atom is 0.238 e. The third kappa shape index (κ3) is 10.9. The Hall–Kier alpha value is -18.1. The molecule has 0 aliphatic rings. The van der Waals surface area contributed by atoms with Gasteiger partial charge in [0.2, 0.25) is 11.9 Å². The highest BCUT2D eigenvalue weighted by Gasteiger charge is 2.31. The van der Waals surface area contributed by atoms with Crippen molar-refractivity contribution in [3.05, 3.63) is 413 Å². The van der Waals surface area contributed by atoms with Crippen LogP contribution in [0, 0.1) is 0 Å². The number of nitrogens with zero attached hydrogens (tertiary/aromatic N) is 10. The van der Waals surface area contributed by atoms with Gasteiger partial charge >= 0.3 is 0 Å². The summed E-state index contributed by atoms with van der Waals surface area (Å²) in [6.07, 6.45) is 1.86. The number of rotatable bonds is 9. The van der Waals surface area contributed by atoms with Crippen molar-refractivity contribution in [3.63, 3.8) is 0 Å². The van der Waals surface area contributed by atoms with Gasteiger partial charge in [-0.15, -0.1) is 0 Å². The van der Waals surface area contributed by atoms with Gasteiger partial charge < -0.3 is 13.3 Å². The zero-order valence-corrected chi connectivity index (χ0v) is 70.5. The molecule has 9 aromatic heterocycles. The second-order valence-corrected chi connectivity index (χ2v) is 33.9. The van der Waals surface area contributed by atoms with E-state index in [9.17, 15) is 0 Å². The van der Waals surface area contributed by atoms with Crippen LogP contribution in [0.2, 0.25) is 0 Å². The number of hydrogen-bond acceptors (Lipinski definition) is 10. The van der Waals surface area contributed by atoms with Crippen LogP contribution >= 0.6 is 0 Å². The first-order valence-corrected chi connectivity index (χ1v) is 44.4. The first-order valence-electron chi connectivity index (χ1n) is 44.4. The molecule has 30 aromatic rings. The number of aromatic nitrogens is 10. The lowest BCUT2D eigenvalue weighted by Gasteiger charge is -2.12. The third-order valence-corrected chi connectivity index (χ3v) is 26.8. The summed E-state index contributed by atoms with van der Waals surface area (Å²) in [5.74, 6) is 4.53. The molecular weight excluding hydrogens is 1620 g/mol. The quantitative estimate of drug-likeness (QED) is 0.137. The molecule has 30 rings (SSSR count). The molecule has 13 heteroatoms. The van der Waals surface area contributed by atoms with Crippen LogP contribution in [0.25, 0.3) is 281 Å². The minimum atomic E-state index is 0.564. The van der Waals surface area contributed by atoms with Crippen molar-refractivity contribution in [3.8, 4) is 85.5 Å². The van der Waals surface area contributed by atoms with Crippen molar-refractivity contribution in [2.24, 2.45) is 0 Å². The van der Waals surface area contributed by atoms with E-state index < -0.39 is 0 Å². The van der Waals surface area contributed by atoms with E-state index in [1.807, 2.05) is 140 Å². The van der Waals surface area contributed by atoms with Gasteiger partial charge in [-0.3, -0.25) is 13.7 Å². The lowest BCUT2D eigenvalue weighted by Crippen LogP contribution is -2.06. The summed E-state index contributed by atoms with van der Waals surface area (Å²) in [4.78, 5) is 35.7. The Balaban J connectivity index is 0.000000102. The Morgan fingerprint density at radius 3 is 0.924 bits per heavy atom. The molecule has 0 unspecified atom stereocenters. The number of fused-ring (bicyclic) bond motifs is 9. The number of benzene rings is 18. The molecule has 9 heterocycles. The topological polar surface area (TPSA) is 144 Å². The second kappa shape index (κ2) is 28.7. The Kier molecular flexibility index (Phi) is 15.9. The average molecular weight is 1690 g/mol. The fourth-order valence-electron chi connectivity index (χ4n) is 21.3. The lowest BCUT2D eigenvalue weighted by molar-refractivity contribution is 0.669. The monoisotopic (exact) mass is 1680 g/mol. The molecule has 0 fully saturated rings. The first kappa shape index (κ1) is 73.2. The van der Waals surface area contributed by atoms with E-state index in [2.05, 4.69) is 287 Å². The zero-order valence-electron chi connectivity index (χ0n) is 70.5. The first-order chi connectivity index (χ1) is 65.5. The highest BCUT2D eigenvalue weighted by atomic mass is 16.3. The minimum absolute atomic E-state index is 0.564. The maximum absolute atomic E-state index is 6.89. The molecule has 0 N–H and O–H groups in total. The van der Waals surface area contributed by atoms with Gasteiger partial charge in [-0.2, -0.15) is 19.9 Å². The van der Waals surface area contributed by atoms with E-state index in [1.165, 1.54) is 75.4 Å². The number of hydrogen-bond donors (Lipinski definition) is 0. The van der Waals surface area contributed by atoms with Crippen LogP contribution in [0.1, 0.15) is 0 Å². The summed E-state index contributed by atoms with van der Waals surface area (Å²) in [6.45, 7) is 0. The Morgan fingerprint density at radius 1 is 0.174 bits per heavy atom. The van der Waals surface area contributed by atoms with E-state index in [-0.39, 0.29) is 0 Å². The van der Waals surface area contributed by atoms with Gasteiger partial charge in [0, 0.05) is 98.6 Å². The van der Waals surface area contributed by atoms with Crippen LogP contribution in [0.4, 0.5) is 0 Å². The molecule has 0 spiro atoms. The van der Waals surface area contributed by atoms with E-state index in [1.54, 1.807) is 0 Å². The highest BCUT2D eigenvalue weighted by molar-refractivity contribution is 6.42. The molecule has 0 aliphatic carbocycles. The largest absolute Gasteiger partial charge is 0.456 e. The van der Waals surface area contributed by atoms with Crippen molar-refractivity contribution in [1.82, 2.24) is 48.6 Å². The van der Waals surface area contributed by atoms with Gasteiger partial charge in [0.1, 0.15) is 39.3 Å². The number of furan rings is 3. The molecule has 0 saturated carbocycles. The van der Waals surface area contributed by atoms with Crippen LogP contribution in [0.15, 0.2) is 426 Å². The summed E-state index contributed by atoms with van der Waals surface area (Å²) in [7, 11) is 0. The predicted octanol–water partition coefficient (Wildman–Crippen LogP) is 31.0. The van der Waals surface area contributed by atoms with Gasteiger partial charge in [0.25, 0.3) is 0 Å². The van der Waals surface area contributed by atoms with Gasteiger partial charge in [0.15, 0.2) is 23.3 Å². The Labute approximate surface area is 750 Å². The molecule has 13 nitrogen and oxygen atoms in total. The zero-order chi connectivity index (χ0) is 86.3. The van der Waals surface area contributed by atoms with Gasteiger partial charge in [-0.1, -0.05) is 322 Å². The van der Waals surface area contributed by atoms with Crippen LogP contribution in [-0.4, -0.2) is 48.6 Å². The van der Waals surface area contributed by atoms with Gasteiger partial charge in [0.05, 0.1) is 33.1 Å². The lowest BCUT2D eigenvalue weighted by atomic mass is 9.92. The summed E-state index contributed by atoms with van der Waals surface area (Å²) < 4.78 is 26.6. The summed E-state index contributed by atoms with van der Waals surface area (Å²) in [6, 6.07) is 142. The van der Waals surface area contributed by atoms with Crippen molar-refractivity contribution >= 4 is 196 Å². The predicted molar refractivity (Wildman–Crippen MR) is 540 cm³/mol. The van der Waals surface area contributed by atoms with Gasteiger partial charge in [-0.25, -0.2) is 15.0 Å². The number of pyridine rings is 1. The van der Waals surface area contributed by atoms with Crippen LogP contribution in [0.5, 0.6) is 0 Å². The summed E-state index contributed by atoms with van der Waals surface area (Å²) in [5.41, 5.74) is 19.8. The van der Waals surface area contributed by atoms with Crippen LogP contribution < -0.4 is 0 Å². The molecule has 132 heavy (non-hydrogen) atoms. The minimum Gasteiger partial charge on any atom is -0.456 e. The van der Waals surface area contributed by atoms with Crippen LogP contribution in [0.3, 0.4) is 0 Å². The van der Waals surface area contributed by atoms with Crippen LogP contribution in [-0.2, 0) is 0 Å². The maximum atomic E-state index is 6.89. The SMILES string of the molecule is c1ccc(-c2cc3c4ccccc4c4cccc5oc6ccc7c(c6c54)c3c(c2)n7-c2nc(-c3ccccc3)nc(-c3ccccc3)n2)cc1.c1ccc(-c2nc(-c3ccccc3)nc(-n3c4cccc5c6ccccc6c6cccc7oc8c(-c9ccccc9)cc3c(c8c76)c54)n2)cc1.c1ccc(-n2c3cccc4c5ccccc5c5cccc6oc7ccc2c(c7c65)c43)nc1. The second-order valence-electron chi connectivity index (χ2n) is 33.9.